The summed E-state index contributed by atoms with van der Waals surface area (Å²) in [5, 5.41) is 6.65. The molecule has 7 nitrogen and oxygen atoms in total. The molecule has 2 aromatic rings. The quantitative estimate of drug-likeness (QED) is 0.861. The molecule has 0 saturated carbocycles. The number of carbonyl (C=O) groups is 1. The second-order valence-electron chi connectivity index (χ2n) is 6.31. The summed E-state index contributed by atoms with van der Waals surface area (Å²) in [6.45, 7) is 4.45. The second-order valence-corrected chi connectivity index (χ2v) is 6.31. The van der Waals surface area contributed by atoms with Gasteiger partial charge in [-0.15, -0.1) is 0 Å². The molecule has 2 amide bonds. The van der Waals surface area contributed by atoms with Crippen molar-refractivity contribution < 1.29 is 22.5 Å². The van der Waals surface area contributed by atoms with Crippen molar-refractivity contribution in [1.29, 1.82) is 0 Å². The van der Waals surface area contributed by atoms with Gasteiger partial charge in [-0.1, -0.05) is 12.1 Å². The third-order valence-electron chi connectivity index (χ3n) is 4.48. The molecule has 3 rings (SSSR count). The third kappa shape index (κ3) is 3.68. The van der Waals surface area contributed by atoms with E-state index in [1.54, 1.807) is 11.8 Å². The zero-order valence-corrected chi connectivity index (χ0v) is 14.5. The first-order chi connectivity index (χ1) is 12.3. The largest absolute Gasteiger partial charge is 0.432 e. The molecule has 1 aliphatic heterocycles. The SMILES string of the molecule is CCc1onc(C)c1NC(=O)N1CCCC(c2ncc(C(F)(F)F)[nH]2)C1. The fraction of sp³-hybridized carbons (Fsp3) is 0.562. The van der Waals surface area contributed by atoms with Gasteiger partial charge in [-0.25, -0.2) is 9.78 Å². The van der Waals surface area contributed by atoms with E-state index < -0.39 is 11.9 Å². The van der Waals surface area contributed by atoms with E-state index in [0.717, 1.165) is 6.20 Å². The van der Waals surface area contributed by atoms with Crippen LogP contribution in [0, 0.1) is 6.92 Å². The summed E-state index contributed by atoms with van der Waals surface area (Å²) < 4.78 is 43.4. The Kier molecular flexibility index (Phi) is 4.92. The molecule has 1 saturated heterocycles. The molecule has 2 aromatic heterocycles. The molecule has 0 aromatic carbocycles. The van der Waals surface area contributed by atoms with Gasteiger partial charge in [0.15, 0.2) is 5.76 Å². The van der Waals surface area contributed by atoms with E-state index in [-0.39, 0.29) is 17.8 Å². The smallest absolute Gasteiger partial charge is 0.359 e. The van der Waals surface area contributed by atoms with Gasteiger partial charge < -0.3 is 19.7 Å². The average Bonchev–Trinajstić information content (AvgIpc) is 3.23. The number of urea groups is 1. The van der Waals surface area contributed by atoms with E-state index in [0.29, 0.717) is 49.5 Å². The van der Waals surface area contributed by atoms with E-state index in [4.69, 9.17) is 4.52 Å². The number of likely N-dealkylation sites (tertiary alicyclic amines) is 1. The predicted octanol–water partition coefficient (Wildman–Crippen LogP) is 3.70. The van der Waals surface area contributed by atoms with Gasteiger partial charge in [0.1, 0.15) is 22.9 Å². The van der Waals surface area contributed by atoms with Crippen molar-refractivity contribution in [2.45, 2.75) is 45.2 Å². The maximum absolute atomic E-state index is 12.7. The van der Waals surface area contributed by atoms with Crippen LogP contribution in [-0.4, -0.2) is 39.1 Å². The van der Waals surface area contributed by atoms with Gasteiger partial charge in [-0.05, 0) is 19.8 Å². The van der Waals surface area contributed by atoms with Crippen LogP contribution in [0.15, 0.2) is 10.7 Å². The van der Waals surface area contributed by atoms with Gasteiger partial charge in [-0.3, -0.25) is 0 Å². The predicted molar refractivity (Wildman–Crippen MR) is 86.8 cm³/mol. The van der Waals surface area contributed by atoms with Crippen LogP contribution >= 0.6 is 0 Å². The highest BCUT2D eigenvalue weighted by molar-refractivity contribution is 5.90. The average molecular weight is 371 g/mol. The monoisotopic (exact) mass is 371 g/mol. The van der Waals surface area contributed by atoms with Crippen LogP contribution < -0.4 is 5.32 Å². The Labute approximate surface area is 147 Å². The lowest BCUT2D eigenvalue weighted by Crippen LogP contribution is -2.42. The van der Waals surface area contributed by atoms with Crippen LogP contribution in [0.5, 0.6) is 0 Å². The molecule has 1 unspecified atom stereocenters. The first-order valence-corrected chi connectivity index (χ1v) is 8.42. The topological polar surface area (TPSA) is 87.1 Å². The number of amides is 2. The van der Waals surface area contributed by atoms with Gasteiger partial charge in [0.25, 0.3) is 0 Å². The Hall–Kier alpha value is -2.52. The van der Waals surface area contributed by atoms with E-state index >= 15 is 0 Å². The molecule has 10 heteroatoms. The number of piperidine rings is 1. The summed E-state index contributed by atoms with van der Waals surface area (Å²) in [6, 6.07) is -0.321. The first kappa shape index (κ1) is 18.3. The molecule has 3 heterocycles. The molecular weight excluding hydrogens is 351 g/mol. The van der Waals surface area contributed by atoms with Crippen LogP contribution in [0.3, 0.4) is 0 Å². The minimum Gasteiger partial charge on any atom is -0.359 e. The molecule has 26 heavy (non-hydrogen) atoms. The van der Waals surface area contributed by atoms with E-state index in [1.807, 2.05) is 6.92 Å². The number of imidazole rings is 1. The lowest BCUT2D eigenvalue weighted by Gasteiger charge is -2.31. The number of hydrogen-bond donors (Lipinski definition) is 2. The van der Waals surface area contributed by atoms with Gasteiger partial charge >= 0.3 is 12.2 Å². The molecule has 142 valence electrons. The van der Waals surface area contributed by atoms with Crippen molar-refractivity contribution in [3.63, 3.8) is 0 Å². The number of nitrogens with zero attached hydrogens (tertiary/aromatic N) is 3. The lowest BCUT2D eigenvalue weighted by molar-refractivity contribution is -0.141. The van der Waals surface area contributed by atoms with Crippen LogP contribution in [0.4, 0.5) is 23.7 Å². The van der Waals surface area contributed by atoms with Crippen molar-refractivity contribution in [2.24, 2.45) is 0 Å². The highest BCUT2D eigenvalue weighted by Crippen LogP contribution is 2.31. The van der Waals surface area contributed by atoms with E-state index in [9.17, 15) is 18.0 Å². The normalized spacial score (nSPS) is 18.2. The van der Waals surface area contributed by atoms with E-state index in [2.05, 4.69) is 20.4 Å². The zero-order valence-electron chi connectivity index (χ0n) is 14.5. The Morgan fingerprint density at radius 3 is 2.92 bits per heavy atom. The summed E-state index contributed by atoms with van der Waals surface area (Å²) >= 11 is 0. The van der Waals surface area contributed by atoms with Gasteiger partial charge in [0.05, 0.1) is 6.20 Å². The molecule has 0 bridgehead atoms. The van der Waals surface area contributed by atoms with Crippen LogP contribution in [-0.2, 0) is 12.6 Å². The van der Waals surface area contributed by atoms with Crippen molar-refractivity contribution in [1.82, 2.24) is 20.0 Å². The highest BCUT2D eigenvalue weighted by Gasteiger charge is 2.35. The van der Waals surface area contributed by atoms with Crippen molar-refractivity contribution in [3.05, 3.63) is 29.2 Å². The second kappa shape index (κ2) is 7.00. The molecule has 1 fully saturated rings. The molecule has 1 aliphatic rings. The van der Waals surface area contributed by atoms with Gasteiger partial charge in [-0.2, -0.15) is 13.2 Å². The minimum absolute atomic E-state index is 0.255. The zero-order chi connectivity index (χ0) is 18.9. The number of aryl methyl sites for hydroxylation is 2. The van der Waals surface area contributed by atoms with Crippen molar-refractivity contribution >= 4 is 11.7 Å². The first-order valence-electron chi connectivity index (χ1n) is 8.42. The number of aromatic amines is 1. The summed E-state index contributed by atoms with van der Waals surface area (Å²) in [7, 11) is 0. The molecular formula is C16H20F3N5O2. The summed E-state index contributed by atoms with van der Waals surface area (Å²) in [5.74, 6) is 0.579. The number of halogens is 3. The third-order valence-corrected chi connectivity index (χ3v) is 4.48. The van der Waals surface area contributed by atoms with E-state index in [1.165, 1.54) is 0 Å². The van der Waals surface area contributed by atoms with Crippen molar-refractivity contribution in [2.75, 3.05) is 18.4 Å². The Bertz CT molecular complexity index is 783. The molecule has 1 atom stereocenters. The Balaban J connectivity index is 1.69. The summed E-state index contributed by atoms with van der Waals surface area (Å²) in [6.07, 6.45) is -1.72. The lowest BCUT2D eigenvalue weighted by atomic mass is 9.97. The maximum atomic E-state index is 12.7. The Morgan fingerprint density at radius 1 is 1.50 bits per heavy atom. The number of carbonyl (C=O) groups excluding carboxylic acids is 1. The summed E-state index contributed by atoms with van der Waals surface area (Å²) in [4.78, 5) is 20.3. The standard InChI is InChI=1S/C16H20F3N5O2/c1-3-11-13(9(2)23-26-11)22-15(25)24-6-4-5-10(8-24)14-20-7-12(21-14)16(17,18)19/h7,10H,3-6,8H2,1-2H3,(H,20,21)(H,22,25). The highest BCUT2D eigenvalue weighted by atomic mass is 19.4. The molecule has 0 aliphatic carbocycles. The molecule has 0 radical (unpaired) electrons. The van der Waals surface area contributed by atoms with Gasteiger partial charge in [0.2, 0.25) is 0 Å². The number of hydrogen-bond acceptors (Lipinski definition) is 4. The minimum atomic E-state index is -4.46. The number of alkyl halides is 3. The number of nitrogens with one attached hydrogen (secondary N) is 2. The number of rotatable bonds is 3. The Morgan fingerprint density at radius 2 is 2.27 bits per heavy atom. The fourth-order valence-corrected chi connectivity index (χ4v) is 3.08. The number of anilines is 1. The van der Waals surface area contributed by atoms with Crippen LogP contribution in [0.25, 0.3) is 0 Å². The molecule has 2 N–H and O–H groups in total. The van der Waals surface area contributed by atoms with Crippen molar-refractivity contribution in [3.8, 4) is 0 Å². The van der Waals surface area contributed by atoms with Gasteiger partial charge in [0, 0.05) is 25.4 Å². The molecule has 0 spiro atoms. The number of aromatic nitrogens is 3. The van der Waals surface area contributed by atoms with Crippen LogP contribution in [0.1, 0.15) is 48.7 Å². The van der Waals surface area contributed by atoms with Crippen LogP contribution in [0.2, 0.25) is 0 Å². The maximum Gasteiger partial charge on any atom is 0.432 e. The fourth-order valence-electron chi connectivity index (χ4n) is 3.08. The summed E-state index contributed by atoms with van der Waals surface area (Å²) in [5.41, 5.74) is 0.267. The number of H-pyrrole nitrogens is 1.